The average Bonchev–Trinajstić information content (AvgIpc) is 3.03. The van der Waals surface area contributed by atoms with Gasteiger partial charge in [0, 0.05) is 0 Å². The van der Waals surface area contributed by atoms with Gasteiger partial charge in [-0.25, -0.2) is 9.69 Å². The molecule has 3 aromatic rings. The zero-order chi connectivity index (χ0) is 22.9. The van der Waals surface area contributed by atoms with Gasteiger partial charge in [0.25, 0.3) is 11.8 Å². The van der Waals surface area contributed by atoms with Gasteiger partial charge in [-0.2, -0.15) is 0 Å². The van der Waals surface area contributed by atoms with Crippen LogP contribution in [0.4, 0.5) is 5.69 Å². The molecular formula is C26H23NO5. The number of nitrogens with zero attached hydrogens (tertiary/aromatic N) is 1. The number of fused-ring (bicyclic) bond motifs is 1. The molecule has 2 amide bonds. The second-order valence-electron chi connectivity index (χ2n) is 8.49. The van der Waals surface area contributed by atoms with E-state index in [1.807, 2.05) is 24.3 Å². The highest BCUT2D eigenvalue weighted by Crippen LogP contribution is 2.31. The number of anilines is 1. The fourth-order valence-corrected chi connectivity index (χ4v) is 3.60. The van der Waals surface area contributed by atoms with Gasteiger partial charge in [-0.15, -0.1) is 0 Å². The minimum Gasteiger partial charge on any atom is -0.482 e. The number of amides is 2. The van der Waals surface area contributed by atoms with Gasteiger partial charge >= 0.3 is 5.97 Å². The third-order valence-electron chi connectivity index (χ3n) is 5.16. The summed E-state index contributed by atoms with van der Waals surface area (Å²) in [6, 6.07) is 20.5. The summed E-state index contributed by atoms with van der Waals surface area (Å²) in [7, 11) is 0. The molecule has 0 N–H and O–H groups in total. The standard InChI is InChI=1S/C26H23NO5/c1-26(2,3)21-10-6-7-11-22(21)31-16-23(28)32-18-14-12-17(13-15-18)27-24(29)19-8-4-5-9-20(19)25(27)30/h4-15H,16H2,1-3H3. The predicted octanol–water partition coefficient (Wildman–Crippen LogP) is 4.77. The lowest BCUT2D eigenvalue weighted by atomic mass is 9.86. The molecule has 0 aromatic heterocycles. The zero-order valence-corrected chi connectivity index (χ0v) is 18.1. The fourth-order valence-electron chi connectivity index (χ4n) is 3.60. The first-order valence-corrected chi connectivity index (χ1v) is 10.3. The minimum absolute atomic E-state index is 0.125. The van der Waals surface area contributed by atoms with E-state index in [4.69, 9.17) is 9.47 Å². The van der Waals surface area contributed by atoms with Crippen molar-refractivity contribution in [2.45, 2.75) is 26.2 Å². The quantitative estimate of drug-likeness (QED) is 0.332. The Hall–Kier alpha value is -3.93. The van der Waals surface area contributed by atoms with Crippen molar-refractivity contribution < 1.29 is 23.9 Å². The molecule has 1 heterocycles. The number of hydrogen-bond donors (Lipinski definition) is 0. The number of benzene rings is 3. The van der Waals surface area contributed by atoms with Gasteiger partial charge in [-0.3, -0.25) is 9.59 Å². The van der Waals surface area contributed by atoms with E-state index in [2.05, 4.69) is 20.8 Å². The highest BCUT2D eigenvalue weighted by molar-refractivity contribution is 6.34. The molecule has 32 heavy (non-hydrogen) atoms. The summed E-state index contributed by atoms with van der Waals surface area (Å²) in [4.78, 5) is 38.6. The van der Waals surface area contributed by atoms with Crippen LogP contribution in [0.1, 0.15) is 47.1 Å². The maximum atomic E-state index is 12.6. The normalized spacial score (nSPS) is 13.2. The smallest absolute Gasteiger partial charge is 0.349 e. The Morgan fingerprint density at radius 2 is 1.38 bits per heavy atom. The lowest BCUT2D eigenvalue weighted by molar-refractivity contribution is -0.136. The van der Waals surface area contributed by atoms with Gasteiger partial charge in [-0.1, -0.05) is 51.1 Å². The first-order chi connectivity index (χ1) is 15.3. The first kappa shape index (κ1) is 21.3. The maximum absolute atomic E-state index is 12.6. The summed E-state index contributed by atoms with van der Waals surface area (Å²) in [6.45, 7) is 5.98. The van der Waals surface area contributed by atoms with Gasteiger partial charge in [-0.05, 0) is 53.4 Å². The van der Waals surface area contributed by atoms with Crippen molar-refractivity contribution in [2.75, 3.05) is 11.5 Å². The van der Waals surface area contributed by atoms with Crippen LogP contribution in [0.3, 0.4) is 0 Å². The Morgan fingerprint density at radius 1 is 0.812 bits per heavy atom. The van der Waals surface area contributed by atoms with Crippen LogP contribution in [0.5, 0.6) is 11.5 Å². The Morgan fingerprint density at radius 3 is 1.97 bits per heavy atom. The number of rotatable bonds is 5. The van der Waals surface area contributed by atoms with Crippen LogP contribution in [-0.4, -0.2) is 24.4 Å². The minimum atomic E-state index is -0.554. The molecule has 3 aromatic carbocycles. The Bertz CT molecular complexity index is 1160. The van der Waals surface area contributed by atoms with Gasteiger partial charge in [0.2, 0.25) is 0 Å². The highest BCUT2D eigenvalue weighted by atomic mass is 16.6. The van der Waals surface area contributed by atoms with Crippen LogP contribution >= 0.6 is 0 Å². The number of hydrogen-bond acceptors (Lipinski definition) is 5. The third kappa shape index (κ3) is 4.12. The van der Waals surface area contributed by atoms with E-state index in [1.54, 1.807) is 48.5 Å². The summed E-state index contributed by atoms with van der Waals surface area (Å²) in [6.07, 6.45) is 0. The van der Waals surface area contributed by atoms with Crippen molar-refractivity contribution >= 4 is 23.5 Å². The van der Waals surface area contributed by atoms with E-state index in [9.17, 15) is 14.4 Å². The number of carbonyl (C=O) groups is 3. The molecule has 1 aliphatic rings. The van der Waals surface area contributed by atoms with E-state index in [0.29, 0.717) is 28.3 Å². The Balaban J connectivity index is 1.40. The lowest BCUT2D eigenvalue weighted by Crippen LogP contribution is -2.29. The van der Waals surface area contributed by atoms with Gasteiger partial charge in [0.15, 0.2) is 6.61 Å². The number of ether oxygens (including phenoxy) is 2. The van der Waals surface area contributed by atoms with Gasteiger partial charge in [0.05, 0.1) is 16.8 Å². The molecule has 0 aliphatic carbocycles. The molecule has 162 valence electrons. The van der Waals surface area contributed by atoms with Crippen molar-refractivity contribution in [3.63, 3.8) is 0 Å². The van der Waals surface area contributed by atoms with Crippen molar-refractivity contribution in [1.82, 2.24) is 0 Å². The second-order valence-corrected chi connectivity index (χ2v) is 8.49. The maximum Gasteiger partial charge on any atom is 0.349 e. The Kier molecular flexibility index (Phi) is 5.53. The van der Waals surface area contributed by atoms with Crippen molar-refractivity contribution in [1.29, 1.82) is 0 Å². The average molecular weight is 429 g/mol. The third-order valence-corrected chi connectivity index (χ3v) is 5.16. The fraction of sp³-hybridized carbons (Fsp3) is 0.192. The summed E-state index contributed by atoms with van der Waals surface area (Å²) in [5.74, 6) is -0.370. The summed E-state index contributed by atoms with van der Waals surface area (Å²) < 4.78 is 11.0. The lowest BCUT2D eigenvalue weighted by Gasteiger charge is -2.22. The molecule has 0 saturated heterocycles. The molecule has 0 bridgehead atoms. The number of carbonyl (C=O) groups excluding carboxylic acids is 3. The summed E-state index contributed by atoms with van der Waals surface area (Å²) in [5.41, 5.74) is 2.03. The Labute approximate surface area is 186 Å². The van der Waals surface area contributed by atoms with Crippen LogP contribution in [0.25, 0.3) is 0 Å². The number of para-hydroxylation sites is 1. The number of esters is 1. The predicted molar refractivity (Wildman–Crippen MR) is 120 cm³/mol. The van der Waals surface area contributed by atoms with Crippen LogP contribution < -0.4 is 14.4 Å². The first-order valence-electron chi connectivity index (χ1n) is 10.3. The molecular weight excluding hydrogens is 406 g/mol. The van der Waals surface area contributed by atoms with E-state index in [-0.39, 0.29) is 23.8 Å². The molecule has 0 unspecified atom stereocenters. The molecule has 0 spiro atoms. The summed E-state index contributed by atoms with van der Waals surface area (Å²) in [5, 5.41) is 0. The van der Waals surface area contributed by atoms with E-state index >= 15 is 0 Å². The van der Waals surface area contributed by atoms with E-state index in [1.165, 1.54) is 0 Å². The van der Waals surface area contributed by atoms with Crippen LogP contribution in [0.2, 0.25) is 0 Å². The molecule has 0 atom stereocenters. The monoisotopic (exact) mass is 429 g/mol. The SMILES string of the molecule is CC(C)(C)c1ccccc1OCC(=O)Oc1ccc(N2C(=O)c3ccccc3C2=O)cc1. The molecule has 6 heteroatoms. The van der Waals surface area contributed by atoms with Crippen molar-refractivity contribution in [2.24, 2.45) is 0 Å². The van der Waals surface area contributed by atoms with Crippen LogP contribution in [0.15, 0.2) is 72.8 Å². The van der Waals surface area contributed by atoms with E-state index in [0.717, 1.165) is 10.5 Å². The highest BCUT2D eigenvalue weighted by Gasteiger charge is 2.36. The molecule has 1 aliphatic heterocycles. The molecule has 4 rings (SSSR count). The topological polar surface area (TPSA) is 72.9 Å². The zero-order valence-electron chi connectivity index (χ0n) is 18.1. The molecule has 0 radical (unpaired) electrons. The van der Waals surface area contributed by atoms with Crippen LogP contribution in [-0.2, 0) is 10.2 Å². The van der Waals surface area contributed by atoms with E-state index < -0.39 is 5.97 Å². The molecule has 0 saturated carbocycles. The van der Waals surface area contributed by atoms with Crippen molar-refractivity contribution in [3.8, 4) is 11.5 Å². The van der Waals surface area contributed by atoms with Crippen LogP contribution in [0, 0.1) is 0 Å². The second kappa shape index (κ2) is 8.30. The van der Waals surface area contributed by atoms with Gasteiger partial charge < -0.3 is 9.47 Å². The molecule has 0 fully saturated rings. The largest absolute Gasteiger partial charge is 0.482 e. The van der Waals surface area contributed by atoms with Crippen molar-refractivity contribution in [3.05, 3.63) is 89.5 Å². The molecule has 6 nitrogen and oxygen atoms in total. The number of imide groups is 1. The van der Waals surface area contributed by atoms with Gasteiger partial charge in [0.1, 0.15) is 11.5 Å². The summed E-state index contributed by atoms with van der Waals surface area (Å²) >= 11 is 0.